The van der Waals surface area contributed by atoms with E-state index in [9.17, 15) is 9.59 Å². The monoisotopic (exact) mass is 404 g/mol. The number of carbonyl (C=O) groups excluding carboxylic acids is 2. The van der Waals surface area contributed by atoms with E-state index < -0.39 is 5.54 Å². The molecule has 1 fully saturated rings. The van der Waals surface area contributed by atoms with Crippen LogP contribution in [0.5, 0.6) is 0 Å². The van der Waals surface area contributed by atoms with E-state index in [1.807, 2.05) is 47.4 Å². The summed E-state index contributed by atoms with van der Waals surface area (Å²) in [6, 6.07) is 17.9. The Morgan fingerprint density at radius 2 is 1.73 bits per heavy atom. The molecule has 1 heterocycles. The minimum Gasteiger partial charge on any atom is -0.355 e. The molecule has 2 aliphatic rings. The zero-order valence-electron chi connectivity index (χ0n) is 18.1. The summed E-state index contributed by atoms with van der Waals surface area (Å²) < 4.78 is 0. The Balaban J connectivity index is 1.75. The maximum Gasteiger partial charge on any atom is 0.254 e. The third kappa shape index (κ3) is 3.76. The molecule has 2 aromatic rings. The van der Waals surface area contributed by atoms with Gasteiger partial charge in [-0.3, -0.25) is 9.59 Å². The second-order valence-corrected chi connectivity index (χ2v) is 9.18. The van der Waals surface area contributed by atoms with Gasteiger partial charge in [0.25, 0.3) is 5.91 Å². The maximum atomic E-state index is 13.6. The molecule has 1 spiro atoms. The van der Waals surface area contributed by atoms with Crippen molar-refractivity contribution in [3.8, 4) is 0 Å². The van der Waals surface area contributed by atoms with E-state index in [4.69, 9.17) is 0 Å². The molecule has 158 valence electrons. The van der Waals surface area contributed by atoms with E-state index in [2.05, 4.69) is 31.3 Å². The molecule has 1 aliphatic carbocycles. The predicted molar refractivity (Wildman–Crippen MR) is 119 cm³/mol. The molecule has 0 aromatic heterocycles. The second-order valence-electron chi connectivity index (χ2n) is 9.18. The average molecular weight is 405 g/mol. The van der Waals surface area contributed by atoms with Crippen LogP contribution in [0, 0.1) is 5.92 Å². The fourth-order valence-electron chi connectivity index (χ4n) is 5.25. The van der Waals surface area contributed by atoms with Gasteiger partial charge in [-0.05, 0) is 42.4 Å². The molecule has 2 amide bonds. The summed E-state index contributed by atoms with van der Waals surface area (Å²) in [6.45, 7) is 5.56. The van der Waals surface area contributed by atoms with Gasteiger partial charge in [0.05, 0.1) is 11.5 Å². The number of nitrogens with one attached hydrogen (secondary N) is 1. The fraction of sp³-hybridized carbons (Fsp3) is 0.462. The van der Waals surface area contributed by atoms with Gasteiger partial charge in [0.2, 0.25) is 5.91 Å². The Hall–Kier alpha value is -2.62. The number of nitrogens with zero attached hydrogens (tertiary/aromatic N) is 1. The van der Waals surface area contributed by atoms with Crippen molar-refractivity contribution < 1.29 is 9.59 Å². The number of amides is 2. The zero-order valence-corrected chi connectivity index (χ0v) is 18.1. The van der Waals surface area contributed by atoms with E-state index in [-0.39, 0.29) is 17.7 Å². The highest BCUT2D eigenvalue weighted by Crippen LogP contribution is 2.50. The van der Waals surface area contributed by atoms with E-state index in [1.54, 1.807) is 0 Å². The Kier molecular flexibility index (Phi) is 5.94. The molecule has 1 aliphatic heterocycles. The molecular formula is C26H32N2O2. The maximum absolute atomic E-state index is 13.6. The number of rotatable bonds is 6. The van der Waals surface area contributed by atoms with E-state index in [0.29, 0.717) is 24.6 Å². The predicted octanol–water partition coefficient (Wildman–Crippen LogP) is 4.90. The number of benzene rings is 2. The molecule has 1 atom stereocenters. The van der Waals surface area contributed by atoms with Crippen LogP contribution in [0.1, 0.15) is 73.4 Å². The van der Waals surface area contributed by atoms with E-state index in [0.717, 1.165) is 43.2 Å². The minimum atomic E-state index is -0.441. The molecule has 4 heteroatoms. The van der Waals surface area contributed by atoms with Crippen molar-refractivity contribution in [2.24, 2.45) is 5.92 Å². The molecular weight excluding hydrogens is 372 g/mol. The van der Waals surface area contributed by atoms with Crippen molar-refractivity contribution in [2.45, 2.75) is 64.0 Å². The Morgan fingerprint density at radius 3 is 2.43 bits per heavy atom. The van der Waals surface area contributed by atoms with Gasteiger partial charge >= 0.3 is 0 Å². The van der Waals surface area contributed by atoms with Gasteiger partial charge in [0, 0.05) is 18.7 Å². The first-order valence-electron chi connectivity index (χ1n) is 11.3. The lowest BCUT2D eigenvalue weighted by Gasteiger charge is -2.50. The van der Waals surface area contributed by atoms with Crippen molar-refractivity contribution in [3.63, 3.8) is 0 Å². The standard InChI is InChI=1S/C26H32N2O2/c1-19(2)14-17-27-24(29)23-21-12-6-7-13-22(21)25(30)28(26(23)15-8-9-16-26)18-20-10-4-3-5-11-20/h3-7,10-13,19,23H,8-9,14-18H2,1-2H3,(H,27,29)/t23-/m1/s1. The number of fused-ring (bicyclic) bond motifs is 1. The third-order valence-corrected chi connectivity index (χ3v) is 6.76. The molecule has 2 aromatic carbocycles. The SMILES string of the molecule is CC(C)CCNC(=O)[C@H]1c2ccccc2C(=O)N(Cc2ccccc2)C12CCCC2. The quantitative estimate of drug-likeness (QED) is 0.744. The Bertz CT molecular complexity index is 900. The summed E-state index contributed by atoms with van der Waals surface area (Å²) in [4.78, 5) is 29.2. The van der Waals surface area contributed by atoms with Gasteiger partial charge in [-0.15, -0.1) is 0 Å². The summed E-state index contributed by atoms with van der Waals surface area (Å²) in [6.07, 6.45) is 4.82. The number of carbonyl (C=O) groups is 2. The van der Waals surface area contributed by atoms with Gasteiger partial charge in [-0.25, -0.2) is 0 Å². The molecule has 0 saturated heterocycles. The lowest BCUT2D eigenvalue weighted by atomic mass is 9.71. The summed E-state index contributed by atoms with van der Waals surface area (Å²) in [5.74, 6) is 0.350. The van der Waals surface area contributed by atoms with E-state index in [1.165, 1.54) is 0 Å². The highest BCUT2D eigenvalue weighted by molar-refractivity contribution is 6.02. The van der Waals surface area contributed by atoms with Gasteiger partial charge in [-0.2, -0.15) is 0 Å². The minimum absolute atomic E-state index is 0.0579. The van der Waals surface area contributed by atoms with Crippen molar-refractivity contribution >= 4 is 11.8 Å². The van der Waals surface area contributed by atoms with Crippen LogP contribution in [-0.4, -0.2) is 28.8 Å². The molecule has 4 nitrogen and oxygen atoms in total. The zero-order chi connectivity index (χ0) is 21.1. The van der Waals surface area contributed by atoms with Crippen LogP contribution in [0.25, 0.3) is 0 Å². The second kappa shape index (κ2) is 8.63. The largest absolute Gasteiger partial charge is 0.355 e. The van der Waals surface area contributed by atoms with Crippen LogP contribution in [0.4, 0.5) is 0 Å². The van der Waals surface area contributed by atoms with Crippen LogP contribution < -0.4 is 5.32 Å². The first-order valence-corrected chi connectivity index (χ1v) is 11.3. The first-order chi connectivity index (χ1) is 14.5. The Labute approximate surface area is 179 Å². The van der Waals surface area contributed by atoms with Crippen molar-refractivity contribution in [3.05, 3.63) is 71.3 Å². The number of hydrogen-bond acceptors (Lipinski definition) is 2. The van der Waals surface area contributed by atoms with Crippen molar-refractivity contribution in [1.82, 2.24) is 10.2 Å². The molecule has 1 saturated carbocycles. The van der Waals surface area contributed by atoms with Crippen LogP contribution >= 0.6 is 0 Å². The normalized spacial score (nSPS) is 19.9. The first kappa shape index (κ1) is 20.6. The van der Waals surface area contributed by atoms with Gasteiger partial charge in [0.15, 0.2) is 0 Å². The summed E-state index contributed by atoms with van der Waals surface area (Å²) >= 11 is 0. The molecule has 30 heavy (non-hydrogen) atoms. The molecule has 0 bridgehead atoms. The Morgan fingerprint density at radius 1 is 1.07 bits per heavy atom. The van der Waals surface area contributed by atoms with Crippen molar-refractivity contribution in [1.29, 1.82) is 0 Å². The lowest BCUT2D eigenvalue weighted by Crippen LogP contribution is -2.60. The van der Waals surface area contributed by atoms with Gasteiger partial charge in [0.1, 0.15) is 0 Å². The third-order valence-electron chi connectivity index (χ3n) is 6.76. The van der Waals surface area contributed by atoms with Gasteiger partial charge < -0.3 is 10.2 Å². The average Bonchev–Trinajstić information content (AvgIpc) is 3.22. The van der Waals surface area contributed by atoms with Crippen molar-refractivity contribution in [2.75, 3.05) is 6.54 Å². The van der Waals surface area contributed by atoms with Crippen LogP contribution in [0.2, 0.25) is 0 Å². The summed E-state index contributed by atoms with van der Waals surface area (Å²) in [5, 5.41) is 3.20. The van der Waals surface area contributed by atoms with Crippen LogP contribution in [0.15, 0.2) is 54.6 Å². The molecule has 4 rings (SSSR count). The smallest absolute Gasteiger partial charge is 0.254 e. The van der Waals surface area contributed by atoms with Crippen LogP contribution in [-0.2, 0) is 11.3 Å². The fourth-order valence-corrected chi connectivity index (χ4v) is 5.25. The number of hydrogen-bond donors (Lipinski definition) is 1. The molecule has 0 radical (unpaired) electrons. The van der Waals surface area contributed by atoms with Crippen LogP contribution in [0.3, 0.4) is 0 Å². The van der Waals surface area contributed by atoms with Gasteiger partial charge in [-0.1, -0.05) is 75.2 Å². The summed E-state index contributed by atoms with van der Waals surface area (Å²) in [5.41, 5.74) is 2.24. The molecule has 0 unspecified atom stereocenters. The molecule has 1 N–H and O–H groups in total. The topological polar surface area (TPSA) is 49.4 Å². The van der Waals surface area contributed by atoms with E-state index >= 15 is 0 Å². The summed E-state index contributed by atoms with van der Waals surface area (Å²) in [7, 11) is 0. The lowest BCUT2D eigenvalue weighted by molar-refractivity contribution is -0.126. The highest BCUT2D eigenvalue weighted by atomic mass is 16.2. The highest BCUT2D eigenvalue weighted by Gasteiger charge is 2.55.